The molecule has 0 fully saturated rings. The van der Waals surface area contributed by atoms with Gasteiger partial charge in [-0.05, 0) is 49.4 Å². The zero-order chi connectivity index (χ0) is 14.4. The molecule has 1 aromatic rings. The molecule has 0 aromatic heterocycles. The van der Waals surface area contributed by atoms with Crippen LogP contribution in [-0.4, -0.2) is 17.7 Å². The fraction of sp³-hybridized carbons (Fsp3) is 0.625. The van der Waals surface area contributed by atoms with Gasteiger partial charge in [0.05, 0.1) is 6.10 Å². The number of nitrogens with one attached hydrogen (secondary N) is 1. The van der Waals surface area contributed by atoms with Crippen molar-refractivity contribution in [1.82, 2.24) is 5.32 Å². The molecule has 1 aromatic carbocycles. The minimum Gasteiger partial charge on any atom is -0.387 e. The van der Waals surface area contributed by atoms with Crippen LogP contribution in [0.1, 0.15) is 50.8 Å². The maximum Gasteiger partial charge on any atom is 0.126 e. The Labute approximate surface area is 116 Å². The van der Waals surface area contributed by atoms with Crippen LogP contribution in [-0.2, 0) is 0 Å². The summed E-state index contributed by atoms with van der Waals surface area (Å²) in [6.07, 6.45) is 1.35. The molecule has 3 heteroatoms. The molecule has 2 N–H and O–H groups in total. The number of aliphatic hydroxyl groups is 1. The maximum atomic E-state index is 13.2. The van der Waals surface area contributed by atoms with Crippen molar-refractivity contribution >= 4 is 0 Å². The molecule has 0 bridgehead atoms. The van der Waals surface area contributed by atoms with Crippen molar-refractivity contribution in [3.8, 4) is 0 Å². The van der Waals surface area contributed by atoms with Gasteiger partial charge in [-0.1, -0.05) is 32.9 Å². The number of rotatable bonds is 7. The lowest BCUT2D eigenvalue weighted by Crippen LogP contribution is -2.35. The van der Waals surface area contributed by atoms with Crippen molar-refractivity contribution in [3.05, 3.63) is 35.1 Å². The Kier molecular flexibility index (Phi) is 6.46. The van der Waals surface area contributed by atoms with E-state index in [4.69, 9.17) is 0 Å². The van der Waals surface area contributed by atoms with Gasteiger partial charge in [-0.15, -0.1) is 0 Å². The molecule has 0 radical (unpaired) electrons. The van der Waals surface area contributed by atoms with E-state index in [-0.39, 0.29) is 11.9 Å². The molecule has 2 unspecified atom stereocenters. The highest BCUT2D eigenvalue weighted by Crippen LogP contribution is 2.21. The van der Waals surface area contributed by atoms with Gasteiger partial charge < -0.3 is 10.4 Å². The zero-order valence-corrected chi connectivity index (χ0v) is 12.4. The smallest absolute Gasteiger partial charge is 0.126 e. The average molecular weight is 267 g/mol. The SMILES string of the molecule is CCC(NCCC(C)C)C(O)c1ccc(F)c(C)c1. The number of hydrogen-bond donors (Lipinski definition) is 2. The highest BCUT2D eigenvalue weighted by molar-refractivity contribution is 5.26. The Balaban J connectivity index is 2.66. The van der Waals surface area contributed by atoms with Crippen LogP contribution in [0.25, 0.3) is 0 Å². The first-order valence-electron chi connectivity index (χ1n) is 7.13. The molecule has 0 aliphatic carbocycles. The van der Waals surface area contributed by atoms with Crippen LogP contribution in [0.15, 0.2) is 18.2 Å². The molecule has 0 heterocycles. The summed E-state index contributed by atoms with van der Waals surface area (Å²) in [5, 5.41) is 13.8. The van der Waals surface area contributed by atoms with Gasteiger partial charge in [0.15, 0.2) is 0 Å². The molecule has 2 nitrogen and oxygen atoms in total. The Hall–Kier alpha value is -0.930. The number of aryl methyl sites for hydroxylation is 1. The number of benzene rings is 1. The predicted octanol–water partition coefficient (Wildman–Crippen LogP) is 3.58. The third kappa shape index (κ3) is 4.92. The van der Waals surface area contributed by atoms with Crippen molar-refractivity contribution in [2.45, 2.75) is 52.7 Å². The predicted molar refractivity (Wildman–Crippen MR) is 77.6 cm³/mol. The lowest BCUT2D eigenvalue weighted by Gasteiger charge is -2.24. The standard InChI is InChI=1S/C16H26FNO/c1-5-15(18-9-8-11(2)3)16(19)13-6-7-14(17)12(4)10-13/h6-7,10-11,15-16,18-19H,5,8-9H2,1-4H3. The molecule has 0 saturated carbocycles. The van der Waals surface area contributed by atoms with Crippen LogP contribution in [0, 0.1) is 18.7 Å². The first kappa shape index (κ1) is 16.1. The minimum absolute atomic E-state index is 0.0172. The highest BCUT2D eigenvalue weighted by Gasteiger charge is 2.19. The second kappa shape index (κ2) is 7.61. The average Bonchev–Trinajstić information content (AvgIpc) is 2.37. The van der Waals surface area contributed by atoms with Gasteiger partial charge in [0.25, 0.3) is 0 Å². The minimum atomic E-state index is -0.587. The Morgan fingerprint density at radius 2 is 2.00 bits per heavy atom. The van der Waals surface area contributed by atoms with Gasteiger partial charge in [-0.2, -0.15) is 0 Å². The molecule has 19 heavy (non-hydrogen) atoms. The van der Waals surface area contributed by atoms with E-state index in [0.29, 0.717) is 11.5 Å². The van der Waals surface area contributed by atoms with Gasteiger partial charge in [-0.3, -0.25) is 0 Å². The normalized spacial score (nSPS) is 14.7. The first-order chi connectivity index (χ1) is 8.95. The van der Waals surface area contributed by atoms with Crippen molar-refractivity contribution in [2.75, 3.05) is 6.54 Å². The Morgan fingerprint density at radius 1 is 1.32 bits per heavy atom. The molecule has 0 aliphatic rings. The van der Waals surface area contributed by atoms with Gasteiger partial charge in [0.1, 0.15) is 5.82 Å². The maximum absolute atomic E-state index is 13.2. The van der Waals surface area contributed by atoms with Crippen LogP contribution in [0.2, 0.25) is 0 Å². The van der Waals surface area contributed by atoms with E-state index in [2.05, 4.69) is 19.2 Å². The molecule has 0 amide bonds. The van der Waals surface area contributed by atoms with Crippen LogP contribution >= 0.6 is 0 Å². The number of aliphatic hydroxyl groups excluding tert-OH is 1. The Morgan fingerprint density at radius 3 is 2.53 bits per heavy atom. The van der Waals surface area contributed by atoms with Crippen LogP contribution < -0.4 is 5.32 Å². The first-order valence-corrected chi connectivity index (χ1v) is 7.13. The van der Waals surface area contributed by atoms with E-state index >= 15 is 0 Å². The van der Waals surface area contributed by atoms with Crippen LogP contribution in [0.4, 0.5) is 4.39 Å². The summed E-state index contributed by atoms with van der Waals surface area (Å²) >= 11 is 0. The molecular formula is C16H26FNO. The molecule has 0 spiro atoms. The number of hydrogen-bond acceptors (Lipinski definition) is 2. The molecular weight excluding hydrogens is 241 g/mol. The molecule has 1 rings (SSSR count). The topological polar surface area (TPSA) is 32.3 Å². The quantitative estimate of drug-likeness (QED) is 0.791. The van der Waals surface area contributed by atoms with Crippen molar-refractivity contribution in [2.24, 2.45) is 5.92 Å². The lowest BCUT2D eigenvalue weighted by molar-refractivity contribution is 0.125. The van der Waals surface area contributed by atoms with E-state index in [1.807, 2.05) is 6.92 Å². The fourth-order valence-electron chi connectivity index (χ4n) is 2.12. The van der Waals surface area contributed by atoms with Crippen LogP contribution in [0.3, 0.4) is 0 Å². The van der Waals surface area contributed by atoms with E-state index < -0.39 is 6.10 Å². The summed E-state index contributed by atoms with van der Waals surface area (Å²) in [6, 6.07) is 4.84. The summed E-state index contributed by atoms with van der Waals surface area (Å²) in [7, 11) is 0. The van der Waals surface area contributed by atoms with Gasteiger partial charge in [0, 0.05) is 6.04 Å². The van der Waals surface area contributed by atoms with Crippen molar-refractivity contribution in [1.29, 1.82) is 0 Å². The van der Waals surface area contributed by atoms with Gasteiger partial charge in [0.2, 0.25) is 0 Å². The largest absolute Gasteiger partial charge is 0.387 e. The third-order valence-corrected chi connectivity index (χ3v) is 3.47. The second-order valence-corrected chi connectivity index (χ2v) is 5.60. The summed E-state index contributed by atoms with van der Waals surface area (Å²) in [6.45, 7) is 9.03. The van der Waals surface area contributed by atoms with Crippen molar-refractivity contribution in [3.63, 3.8) is 0 Å². The second-order valence-electron chi connectivity index (χ2n) is 5.60. The summed E-state index contributed by atoms with van der Waals surface area (Å²) in [5.41, 5.74) is 1.36. The summed E-state index contributed by atoms with van der Waals surface area (Å²) in [5.74, 6) is 0.423. The van der Waals surface area contributed by atoms with E-state index in [9.17, 15) is 9.50 Å². The molecule has 0 aliphatic heterocycles. The van der Waals surface area contributed by atoms with Crippen molar-refractivity contribution < 1.29 is 9.50 Å². The van der Waals surface area contributed by atoms with Gasteiger partial charge >= 0.3 is 0 Å². The fourth-order valence-corrected chi connectivity index (χ4v) is 2.12. The number of halogens is 1. The Bertz CT molecular complexity index is 392. The molecule has 2 atom stereocenters. The summed E-state index contributed by atoms with van der Waals surface area (Å²) in [4.78, 5) is 0. The van der Waals surface area contributed by atoms with E-state index in [1.165, 1.54) is 6.07 Å². The highest BCUT2D eigenvalue weighted by atomic mass is 19.1. The van der Waals surface area contributed by atoms with Crippen LogP contribution in [0.5, 0.6) is 0 Å². The molecule has 0 saturated heterocycles. The summed E-state index contributed by atoms with van der Waals surface area (Å²) < 4.78 is 13.2. The van der Waals surface area contributed by atoms with Gasteiger partial charge in [-0.25, -0.2) is 4.39 Å². The third-order valence-electron chi connectivity index (χ3n) is 3.47. The van der Waals surface area contributed by atoms with E-state index in [0.717, 1.165) is 24.9 Å². The monoisotopic (exact) mass is 267 g/mol. The lowest BCUT2D eigenvalue weighted by atomic mass is 9.98. The zero-order valence-electron chi connectivity index (χ0n) is 12.4. The molecule has 108 valence electrons. The van der Waals surface area contributed by atoms with E-state index in [1.54, 1.807) is 19.1 Å².